The number of nitrogens with one attached hydrogen (secondary N) is 1. The van der Waals surface area contributed by atoms with E-state index in [0.717, 1.165) is 41.7 Å². The fraction of sp³-hybridized carbons (Fsp3) is 0.583. The summed E-state index contributed by atoms with van der Waals surface area (Å²) in [5, 5.41) is 14.8. The van der Waals surface area contributed by atoms with Gasteiger partial charge in [0.05, 0.1) is 41.3 Å². The minimum atomic E-state index is 0.147. The van der Waals surface area contributed by atoms with Crippen molar-refractivity contribution in [2.45, 2.75) is 39.6 Å². The number of rotatable bonds is 4. The van der Waals surface area contributed by atoms with Crippen LogP contribution in [0.25, 0.3) is 0 Å². The van der Waals surface area contributed by atoms with Crippen LogP contribution in [0.15, 0.2) is 5.38 Å². The minimum absolute atomic E-state index is 0.147. The lowest BCUT2D eigenvalue weighted by Crippen LogP contribution is -2.36. The molecular formula is C12H17N5OS. The minimum Gasteiger partial charge on any atom is -0.369 e. The van der Waals surface area contributed by atoms with E-state index in [1.165, 1.54) is 0 Å². The van der Waals surface area contributed by atoms with Gasteiger partial charge in [-0.2, -0.15) is 0 Å². The highest BCUT2D eigenvalue weighted by molar-refractivity contribution is 7.09. The molecule has 0 aromatic carbocycles. The van der Waals surface area contributed by atoms with Crippen molar-refractivity contribution in [3.05, 3.63) is 27.5 Å². The Hall–Kier alpha value is -1.31. The first-order valence-electron chi connectivity index (χ1n) is 6.34. The second-order valence-corrected chi connectivity index (χ2v) is 5.79. The Kier molecular flexibility index (Phi) is 3.58. The van der Waals surface area contributed by atoms with Gasteiger partial charge in [-0.25, -0.2) is 9.67 Å². The molecular weight excluding hydrogens is 262 g/mol. The predicted molar refractivity (Wildman–Crippen MR) is 71.9 cm³/mol. The van der Waals surface area contributed by atoms with Crippen molar-refractivity contribution in [2.24, 2.45) is 0 Å². The summed E-state index contributed by atoms with van der Waals surface area (Å²) in [5.74, 6) is 0. The second kappa shape index (κ2) is 5.36. The number of fused-ring (bicyclic) bond motifs is 1. The summed E-state index contributed by atoms with van der Waals surface area (Å²) in [6, 6.07) is 0. The number of aromatic nitrogens is 4. The monoisotopic (exact) mass is 279 g/mol. The molecule has 7 heteroatoms. The lowest BCUT2D eigenvalue weighted by molar-refractivity contribution is 0.000661. The summed E-state index contributed by atoms with van der Waals surface area (Å²) in [6.45, 7) is 6.93. The SMILES string of the molecule is Cc1nc(CNC[C@H]2Cn3nnc(C)c3CO2)cs1. The van der Waals surface area contributed by atoms with Crippen LogP contribution < -0.4 is 5.32 Å². The highest BCUT2D eigenvalue weighted by Crippen LogP contribution is 2.14. The van der Waals surface area contributed by atoms with E-state index >= 15 is 0 Å². The number of nitrogens with zero attached hydrogens (tertiary/aromatic N) is 4. The topological polar surface area (TPSA) is 64.9 Å². The number of thiazole rings is 1. The van der Waals surface area contributed by atoms with E-state index in [1.807, 2.05) is 18.5 Å². The van der Waals surface area contributed by atoms with E-state index in [2.05, 4.69) is 26.0 Å². The Morgan fingerprint density at radius 3 is 3.21 bits per heavy atom. The molecule has 0 spiro atoms. The van der Waals surface area contributed by atoms with Crippen LogP contribution in [0.2, 0.25) is 0 Å². The first-order valence-corrected chi connectivity index (χ1v) is 7.22. The standard InChI is InChI=1S/C12H17N5OS/c1-8-12-6-18-11(5-17(12)16-15-8)4-13-3-10-7-19-9(2)14-10/h7,11,13H,3-6H2,1-2H3/t11-/m0/s1. The summed E-state index contributed by atoms with van der Waals surface area (Å²) in [5.41, 5.74) is 3.14. The summed E-state index contributed by atoms with van der Waals surface area (Å²) in [7, 11) is 0. The highest BCUT2D eigenvalue weighted by Gasteiger charge is 2.21. The molecule has 2 aromatic rings. The Morgan fingerprint density at radius 1 is 1.53 bits per heavy atom. The molecule has 102 valence electrons. The zero-order valence-corrected chi connectivity index (χ0v) is 11.9. The molecule has 0 saturated heterocycles. The van der Waals surface area contributed by atoms with E-state index in [4.69, 9.17) is 4.74 Å². The number of ether oxygens (including phenoxy) is 1. The van der Waals surface area contributed by atoms with Crippen molar-refractivity contribution in [1.82, 2.24) is 25.3 Å². The molecule has 19 heavy (non-hydrogen) atoms. The maximum atomic E-state index is 5.81. The molecule has 0 aliphatic carbocycles. The van der Waals surface area contributed by atoms with Crippen molar-refractivity contribution in [3.8, 4) is 0 Å². The molecule has 0 bridgehead atoms. The van der Waals surface area contributed by atoms with Crippen LogP contribution in [0.3, 0.4) is 0 Å². The number of hydrogen-bond donors (Lipinski definition) is 1. The Labute approximate surface area is 115 Å². The van der Waals surface area contributed by atoms with Gasteiger partial charge in [0, 0.05) is 18.5 Å². The lowest BCUT2D eigenvalue weighted by Gasteiger charge is -2.24. The first-order chi connectivity index (χ1) is 9.22. The molecule has 1 N–H and O–H groups in total. The van der Waals surface area contributed by atoms with Crippen LogP contribution in [-0.4, -0.2) is 32.6 Å². The molecule has 0 unspecified atom stereocenters. The summed E-state index contributed by atoms with van der Waals surface area (Å²) in [4.78, 5) is 4.42. The molecule has 0 radical (unpaired) electrons. The zero-order chi connectivity index (χ0) is 13.2. The van der Waals surface area contributed by atoms with Crippen molar-refractivity contribution in [3.63, 3.8) is 0 Å². The van der Waals surface area contributed by atoms with E-state index in [9.17, 15) is 0 Å². The van der Waals surface area contributed by atoms with Crippen LogP contribution in [0.5, 0.6) is 0 Å². The predicted octanol–water partition coefficient (Wildman–Crippen LogP) is 1.04. The zero-order valence-electron chi connectivity index (χ0n) is 11.1. The molecule has 0 amide bonds. The second-order valence-electron chi connectivity index (χ2n) is 4.73. The van der Waals surface area contributed by atoms with Crippen LogP contribution in [0.1, 0.15) is 22.1 Å². The fourth-order valence-electron chi connectivity index (χ4n) is 2.16. The average Bonchev–Trinajstić information content (AvgIpc) is 2.97. The van der Waals surface area contributed by atoms with Gasteiger partial charge in [-0.15, -0.1) is 16.4 Å². The third kappa shape index (κ3) is 2.83. The van der Waals surface area contributed by atoms with Crippen LogP contribution in [0, 0.1) is 13.8 Å². The first kappa shape index (κ1) is 12.7. The largest absolute Gasteiger partial charge is 0.369 e. The van der Waals surface area contributed by atoms with Gasteiger partial charge in [-0.1, -0.05) is 5.21 Å². The average molecular weight is 279 g/mol. The maximum absolute atomic E-state index is 5.81. The van der Waals surface area contributed by atoms with Crippen molar-refractivity contribution >= 4 is 11.3 Å². The molecule has 2 aromatic heterocycles. The highest BCUT2D eigenvalue weighted by atomic mass is 32.1. The smallest absolute Gasteiger partial charge is 0.0909 e. The van der Waals surface area contributed by atoms with Crippen molar-refractivity contribution < 1.29 is 4.74 Å². The molecule has 1 aliphatic heterocycles. The maximum Gasteiger partial charge on any atom is 0.0909 e. The van der Waals surface area contributed by atoms with Gasteiger partial charge in [-0.05, 0) is 13.8 Å². The third-order valence-corrected chi connectivity index (χ3v) is 4.03. The lowest BCUT2D eigenvalue weighted by atomic mass is 10.2. The van der Waals surface area contributed by atoms with Gasteiger partial charge >= 0.3 is 0 Å². The van der Waals surface area contributed by atoms with Gasteiger partial charge in [0.1, 0.15) is 0 Å². The molecule has 0 saturated carbocycles. The quantitative estimate of drug-likeness (QED) is 0.906. The van der Waals surface area contributed by atoms with Crippen LogP contribution in [-0.2, 0) is 24.4 Å². The van der Waals surface area contributed by atoms with E-state index in [-0.39, 0.29) is 6.10 Å². The number of aryl methyl sites for hydroxylation is 2. The van der Waals surface area contributed by atoms with E-state index in [1.54, 1.807) is 11.3 Å². The van der Waals surface area contributed by atoms with Crippen LogP contribution in [0.4, 0.5) is 0 Å². The molecule has 6 nitrogen and oxygen atoms in total. The molecule has 0 fully saturated rings. The van der Waals surface area contributed by atoms with Crippen molar-refractivity contribution in [1.29, 1.82) is 0 Å². The van der Waals surface area contributed by atoms with Gasteiger partial charge in [-0.3, -0.25) is 0 Å². The molecule has 3 heterocycles. The normalized spacial score (nSPS) is 18.5. The summed E-state index contributed by atoms with van der Waals surface area (Å²) >= 11 is 1.68. The molecule has 1 aliphatic rings. The third-order valence-electron chi connectivity index (χ3n) is 3.21. The fourth-order valence-corrected chi connectivity index (χ4v) is 2.77. The van der Waals surface area contributed by atoms with Crippen LogP contribution >= 0.6 is 11.3 Å². The number of hydrogen-bond acceptors (Lipinski definition) is 6. The Morgan fingerprint density at radius 2 is 2.42 bits per heavy atom. The Balaban J connectivity index is 1.50. The van der Waals surface area contributed by atoms with Gasteiger partial charge in [0.15, 0.2) is 0 Å². The van der Waals surface area contributed by atoms with Gasteiger partial charge < -0.3 is 10.1 Å². The van der Waals surface area contributed by atoms with Gasteiger partial charge in [0.25, 0.3) is 0 Å². The summed E-state index contributed by atoms with van der Waals surface area (Å²) < 4.78 is 7.75. The van der Waals surface area contributed by atoms with E-state index < -0.39 is 0 Å². The molecule has 1 atom stereocenters. The summed E-state index contributed by atoms with van der Waals surface area (Å²) in [6.07, 6.45) is 0.147. The molecule has 3 rings (SSSR count). The van der Waals surface area contributed by atoms with E-state index in [0.29, 0.717) is 6.61 Å². The van der Waals surface area contributed by atoms with Crippen molar-refractivity contribution in [2.75, 3.05) is 6.54 Å². The van der Waals surface area contributed by atoms with Gasteiger partial charge in [0.2, 0.25) is 0 Å². The Bertz CT molecular complexity index is 564.